The molecule has 2 fully saturated rings. The molecule has 21 heavy (non-hydrogen) atoms. The first kappa shape index (κ1) is 14.8. The third-order valence-corrected chi connectivity index (χ3v) is 4.40. The fourth-order valence-corrected chi connectivity index (χ4v) is 3.36. The van der Waals surface area contributed by atoms with Gasteiger partial charge in [-0.2, -0.15) is 0 Å². The summed E-state index contributed by atoms with van der Waals surface area (Å²) >= 11 is 0. The van der Waals surface area contributed by atoms with Crippen molar-refractivity contribution in [3.8, 4) is 5.75 Å². The summed E-state index contributed by atoms with van der Waals surface area (Å²) in [6.07, 6.45) is 2.04. The van der Waals surface area contributed by atoms with E-state index in [1.165, 1.54) is 5.56 Å². The molecule has 5 heteroatoms. The molecule has 116 valence electrons. The zero-order valence-electron chi connectivity index (χ0n) is 12.6. The molecule has 1 unspecified atom stereocenters. The second-order valence-electron chi connectivity index (χ2n) is 5.71. The van der Waals surface area contributed by atoms with Gasteiger partial charge in [0.1, 0.15) is 5.75 Å². The molecule has 2 heterocycles. The van der Waals surface area contributed by atoms with Crippen LogP contribution in [0.5, 0.6) is 5.75 Å². The minimum absolute atomic E-state index is 0.171. The topological polar surface area (TPSA) is 57.0 Å². The van der Waals surface area contributed by atoms with Crippen LogP contribution in [0.25, 0.3) is 0 Å². The number of hydrogen-bond donors (Lipinski definition) is 1. The Balaban J connectivity index is 1.78. The van der Waals surface area contributed by atoms with E-state index in [0.29, 0.717) is 19.8 Å². The quantitative estimate of drug-likeness (QED) is 0.912. The van der Waals surface area contributed by atoms with Crippen LogP contribution in [0, 0.1) is 0 Å². The van der Waals surface area contributed by atoms with E-state index < -0.39 is 5.79 Å². The van der Waals surface area contributed by atoms with Crippen LogP contribution in [-0.4, -0.2) is 50.6 Å². The Morgan fingerprint density at radius 2 is 2.19 bits per heavy atom. The van der Waals surface area contributed by atoms with Crippen LogP contribution < -0.4 is 10.5 Å². The minimum atomic E-state index is -0.412. The van der Waals surface area contributed by atoms with Gasteiger partial charge in [-0.05, 0) is 30.7 Å². The molecule has 0 saturated carbocycles. The molecule has 0 radical (unpaired) electrons. The predicted octanol–water partition coefficient (Wildman–Crippen LogP) is 1.53. The molecule has 3 rings (SSSR count). The Hall–Kier alpha value is -1.14. The van der Waals surface area contributed by atoms with E-state index in [2.05, 4.69) is 17.0 Å². The number of hydrogen-bond acceptors (Lipinski definition) is 5. The van der Waals surface area contributed by atoms with Crippen LogP contribution in [0.1, 0.15) is 24.4 Å². The Morgan fingerprint density at radius 3 is 2.90 bits per heavy atom. The van der Waals surface area contributed by atoms with E-state index in [1.807, 2.05) is 12.1 Å². The van der Waals surface area contributed by atoms with Gasteiger partial charge >= 0.3 is 0 Å². The number of methoxy groups -OCH3 is 1. The van der Waals surface area contributed by atoms with Crippen molar-refractivity contribution in [1.82, 2.24) is 4.90 Å². The molecule has 0 amide bonds. The number of ether oxygens (including phenoxy) is 3. The summed E-state index contributed by atoms with van der Waals surface area (Å²) in [7, 11) is 1.69. The highest BCUT2D eigenvalue weighted by Gasteiger charge is 2.42. The first-order chi connectivity index (χ1) is 10.3. The maximum absolute atomic E-state index is 6.05. The summed E-state index contributed by atoms with van der Waals surface area (Å²) in [5, 5.41) is 0. The van der Waals surface area contributed by atoms with Crippen LogP contribution in [0.15, 0.2) is 24.3 Å². The SMILES string of the molecule is COc1cccc(C(CN)N2CCCC3(C2)OCCO3)c1. The third-order valence-electron chi connectivity index (χ3n) is 4.40. The van der Waals surface area contributed by atoms with Gasteiger partial charge in [0.25, 0.3) is 0 Å². The van der Waals surface area contributed by atoms with Crippen molar-refractivity contribution in [3.05, 3.63) is 29.8 Å². The van der Waals surface area contributed by atoms with Crippen LogP contribution in [0.2, 0.25) is 0 Å². The molecule has 0 aromatic heterocycles. The van der Waals surface area contributed by atoms with Gasteiger partial charge in [0.15, 0.2) is 5.79 Å². The lowest BCUT2D eigenvalue weighted by Gasteiger charge is -2.42. The molecule has 2 N–H and O–H groups in total. The third kappa shape index (κ3) is 3.06. The van der Waals surface area contributed by atoms with E-state index in [0.717, 1.165) is 31.7 Å². The van der Waals surface area contributed by atoms with E-state index in [1.54, 1.807) is 7.11 Å². The predicted molar refractivity (Wildman–Crippen MR) is 80.2 cm³/mol. The normalized spacial score (nSPS) is 23.3. The maximum atomic E-state index is 6.05. The number of nitrogens with zero attached hydrogens (tertiary/aromatic N) is 1. The number of likely N-dealkylation sites (tertiary alicyclic amines) is 1. The summed E-state index contributed by atoms with van der Waals surface area (Å²) in [6.45, 7) is 3.77. The van der Waals surface area contributed by atoms with E-state index in [-0.39, 0.29) is 6.04 Å². The van der Waals surface area contributed by atoms with Gasteiger partial charge < -0.3 is 19.9 Å². The molecule has 1 aromatic carbocycles. The second kappa shape index (κ2) is 6.32. The zero-order chi connectivity index (χ0) is 14.7. The number of rotatable bonds is 4. The molecule has 0 aliphatic carbocycles. The van der Waals surface area contributed by atoms with Crippen LogP contribution in [0.4, 0.5) is 0 Å². The molecular weight excluding hydrogens is 268 g/mol. The Labute approximate surface area is 126 Å². The van der Waals surface area contributed by atoms with Gasteiger partial charge in [-0.15, -0.1) is 0 Å². The van der Waals surface area contributed by atoms with Gasteiger partial charge in [0.05, 0.1) is 26.9 Å². The van der Waals surface area contributed by atoms with Crippen LogP contribution in [0.3, 0.4) is 0 Å². The average Bonchev–Trinajstić information content (AvgIpc) is 2.96. The van der Waals surface area contributed by atoms with Crippen LogP contribution >= 0.6 is 0 Å². The lowest BCUT2D eigenvalue weighted by Crippen LogP contribution is -2.51. The van der Waals surface area contributed by atoms with Crippen molar-refractivity contribution >= 4 is 0 Å². The second-order valence-corrected chi connectivity index (χ2v) is 5.71. The molecule has 2 saturated heterocycles. The lowest BCUT2D eigenvalue weighted by atomic mass is 9.98. The fourth-order valence-electron chi connectivity index (χ4n) is 3.36. The monoisotopic (exact) mass is 292 g/mol. The van der Waals surface area contributed by atoms with Crippen molar-refractivity contribution in [2.45, 2.75) is 24.7 Å². The number of nitrogens with two attached hydrogens (primary N) is 1. The Bertz CT molecular complexity index is 474. The molecule has 0 bridgehead atoms. The van der Waals surface area contributed by atoms with Crippen molar-refractivity contribution in [3.63, 3.8) is 0 Å². The minimum Gasteiger partial charge on any atom is -0.497 e. The molecule has 2 aliphatic heterocycles. The van der Waals surface area contributed by atoms with Crippen molar-refractivity contribution < 1.29 is 14.2 Å². The summed E-state index contributed by atoms with van der Waals surface area (Å²) in [5.74, 6) is 0.455. The maximum Gasteiger partial charge on any atom is 0.181 e. The Morgan fingerprint density at radius 1 is 1.38 bits per heavy atom. The summed E-state index contributed by atoms with van der Waals surface area (Å²) in [6, 6.07) is 8.31. The molecule has 1 atom stereocenters. The highest BCUT2D eigenvalue weighted by Crippen LogP contribution is 2.34. The van der Waals surface area contributed by atoms with Crippen molar-refractivity contribution in [2.75, 3.05) is 40.0 Å². The van der Waals surface area contributed by atoms with Crippen LogP contribution in [-0.2, 0) is 9.47 Å². The number of benzene rings is 1. The van der Waals surface area contributed by atoms with Crippen molar-refractivity contribution in [2.24, 2.45) is 5.73 Å². The highest BCUT2D eigenvalue weighted by atomic mass is 16.7. The smallest absolute Gasteiger partial charge is 0.181 e. The highest BCUT2D eigenvalue weighted by molar-refractivity contribution is 5.31. The van der Waals surface area contributed by atoms with Gasteiger partial charge in [0, 0.05) is 19.0 Å². The molecule has 5 nitrogen and oxygen atoms in total. The van der Waals surface area contributed by atoms with Gasteiger partial charge in [-0.3, -0.25) is 4.90 Å². The molecule has 1 spiro atoms. The van der Waals surface area contributed by atoms with E-state index in [9.17, 15) is 0 Å². The standard InChI is InChI=1S/C16H24N2O3/c1-19-14-5-2-4-13(10-14)15(11-17)18-7-3-6-16(12-18)20-8-9-21-16/h2,4-5,10,15H,3,6-9,11-12,17H2,1H3. The number of piperidine rings is 1. The summed E-state index contributed by atoms with van der Waals surface area (Å²) < 4.78 is 17.0. The van der Waals surface area contributed by atoms with Gasteiger partial charge in [0.2, 0.25) is 0 Å². The molecule has 2 aliphatic rings. The fraction of sp³-hybridized carbons (Fsp3) is 0.625. The zero-order valence-corrected chi connectivity index (χ0v) is 12.6. The van der Waals surface area contributed by atoms with E-state index in [4.69, 9.17) is 19.9 Å². The first-order valence-corrected chi connectivity index (χ1v) is 7.62. The van der Waals surface area contributed by atoms with Gasteiger partial charge in [-0.25, -0.2) is 0 Å². The van der Waals surface area contributed by atoms with Gasteiger partial charge in [-0.1, -0.05) is 12.1 Å². The summed E-state index contributed by atoms with van der Waals surface area (Å²) in [4.78, 5) is 2.38. The molecule has 1 aromatic rings. The molecular formula is C16H24N2O3. The largest absolute Gasteiger partial charge is 0.497 e. The summed E-state index contributed by atoms with van der Waals surface area (Å²) in [5.41, 5.74) is 7.24. The van der Waals surface area contributed by atoms with Crippen molar-refractivity contribution in [1.29, 1.82) is 0 Å². The average molecular weight is 292 g/mol. The Kier molecular flexibility index (Phi) is 4.45. The lowest BCUT2D eigenvalue weighted by molar-refractivity contribution is -0.193. The first-order valence-electron chi connectivity index (χ1n) is 7.62. The van der Waals surface area contributed by atoms with E-state index >= 15 is 0 Å².